The van der Waals surface area contributed by atoms with Gasteiger partial charge in [-0.05, 0) is 41.5 Å². The third kappa shape index (κ3) is 5.85. The normalized spacial score (nSPS) is 13.5. The van der Waals surface area contributed by atoms with Crippen LogP contribution in [0.5, 0.6) is 0 Å². The van der Waals surface area contributed by atoms with Gasteiger partial charge in [-0.25, -0.2) is 4.39 Å². The average molecular weight is 551 g/mol. The number of nitrogens with one attached hydrogen (secondary N) is 1. The number of H-pyrrole nitrogens is 1. The Kier molecular flexibility index (Phi) is 7.21. The van der Waals surface area contributed by atoms with Gasteiger partial charge in [0.2, 0.25) is 0 Å². The number of benzene rings is 3. The number of aromatic amines is 1. The maximum Gasteiger partial charge on any atom is 0.416 e. The zero-order valence-electron chi connectivity index (χ0n) is 20.1. The van der Waals surface area contributed by atoms with Crippen molar-refractivity contribution in [2.75, 3.05) is 0 Å². The molecule has 0 aliphatic carbocycles. The van der Waals surface area contributed by atoms with Crippen molar-refractivity contribution in [3.63, 3.8) is 0 Å². The Bertz CT molecular complexity index is 1590. The Morgan fingerprint density at radius 1 is 0.846 bits per heavy atom. The van der Waals surface area contributed by atoms with E-state index in [1.165, 1.54) is 18.3 Å². The van der Waals surface area contributed by atoms with Gasteiger partial charge in [0.25, 0.3) is 5.95 Å². The van der Waals surface area contributed by atoms with Crippen LogP contribution < -0.4 is 0 Å². The van der Waals surface area contributed by atoms with Crippen molar-refractivity contribution in [3.05, 3.63) is 130 Å². The van der Waals surface area contributed by atoms with Gasteiger partial charge in [-0.3, -0.25) is 10.1 Å². The van der Waals surface area contributed by atoms with Crippen molar-refractivity contribution in [3.8, 4) is 11.4 Å². The monoisotopic (exact) mass is 550 g/mol. The number of hydrogen-bond donors (Lipinski definition) is 1. The van der Waals surface area contributed by atoms with Gasteiger partial charge in [-0.2, -0.15) is 23.3 Å². The second-order valence-corrected chi connectivity index (χ2v) is 9.10. The molecule has 0 aliphatic heterocycles. The van der Waals surface area contributed by atoms with E-state index in [2.05, 4.69) is 30.4 Å². The first-order valence-corrected chi connectivity index (χ1v) is 12.1. The summed E-state index contributed by atoms with van der Waals surface area (Å²) in [5, 5.41) is 15.9. The van der Waals surface area contributed by atoms with Gasteiger partial charge < -0.3 is 0 Å². The predicted octanol–water partition coefficient (Wildman–Crippen LogP) is 7.95. The zero-order chi connectivity index (χ0) is 27.5. The topological polar surface area (TPSA) is 79.2 Å². The molecular weight excluding hydrogens is 532 g/mol. The number of alkyl halides is 3. The first kappa shape index (κ1) is 26.2. The van der Waals surface area contributed by atoms with Crippen LogP contribution in [0, 0.1) is 5.82 Å². The van der Waals surface area contributed by atoms with E-state index < -0.39 is 23.1 Å². The summed E-state index contributed by atoms with van der Waals surface area (Å²) in [6, 6.07) is 23.4. The lowest BCUT2D eigenvalue weighted by Gasteiger charge is -2.29. The molecule has 1 atom stereocenters. The van der Waals surface area contributed by atoms with Gasteiger partial charge >= 0.3 is 6.18 Å². The van der Waals surface area contributed by atoms with Crippen molar-refractivity contribution in [2.45, 2.75) is 18.1 Å². The lowest BCUT2D eigenvalue weighted by atomic mass is 9.80. The summed E-state index contributed by atoms with van der Waals surface area (Å²) in [6.45, 7) is 0. The summed E-state index contributed by atoms with van der Waals surface area (Å²) >= 11 is 6.06. The highest BCUT2D eigenvalue weighted by Crippen LogP contribution is 2.41. The lowest BCUT2D eigenvalue weighted by Crippen LogP contribution is -2.30. The molecule has 196 valence electrons. The number of azo groups is 1. The molecule has 0 fully saturated rings. The minimum Gasteiger partial charge on any atom is -0.257 e. The van der Waals surface area contributed by atoms with Gasteiger partial charge in [-0.15, -0.1) is 10.2 Å². The summed E-state index contributed by atoms with van der Waals surface area (Å²) in [7, 11) is 0. The Morgan fingerprint density at radius 2 is 1.54 bits per heavy atom. The highest BCUT2D eigenvalue weighted by atomic mass is 35.5. The third-order valence-corrected chi connectivity index (χ3v) is 6.21. The Hall–Kier alpha value is -4.44. The molecule has 0 bridgehead atoms. The summed E-state index contributed by atoms with van der Waals surface area (Å²) in [5.41, 5.74) is -1.30. The number of halogens is 5. The molecule has 0 spiro atoms. The van der Waals surface area contributed by atoms with Crippen LogP contribution in [0.15, 0.2) is 107 Å². The number of pyridine rings is 1. The van der Waals surface area contributed by atoms with Crippen LogP contribution in [-0.2, 0) is 18.1 Å². The maximum atomic E-state index is 14.7. The van der Waals surface area contributed by atoms with Crippen molar-refractivity contribution in [1.29, 1.82) is 0 Å². The summed E-state index contributed by atoms with van der Waals surface area (Å²) in [5.74, 6) is -0.716. The lowest BCUT2D eigenvalue weighted by molar-refractivity contribution is -0.137. The van der Waals surface area contributed by atoms with Gasteiger partial charge in [0.15, 0.2) is 11.4 Å². The van der Waals surface area contributed by atoms with E-state index >= 15 is 0 Å². The van der Waals surface area contributed by atoms with Gasteiger partial charge in [0.1, 0.15) is 5.82 Å². The first-order chi connectivity index (χ1) is 18.7. The molecule has 6 nitrogen and oxygen atoms in total. The van der Waals surface area contributed by atoms with Gasteiger partial charge in [-0.1, -0.05) is 72.3 Å². The predicted molar refractivity (Wildman–Crippen MR) is 138 cm³/mol. The number of aromatic nitrogens is 4. The highest BCUT2D eigenvalue weighted by Gasteiger charge is 2.40. The molecule has 39 heavy (non-hydrogen) atoms. The number of nitrogens with zero attached hydrogens (tertiary/aromatic N) is 5. The second-order valence-electron chi connectivity index (χ2n) is 8.66. The van der Waals surface area contributed by atoms with E-state index in [4.69, 9.17) is 11.6 Å². The fourth-order valence-electron chi connectivity index (χ4n) is 4.14. The van der Waals surface area contributed by atoms with E-state index in [0.29, 0.717) is 22.5 Å². The smallest absolute Gasteiger partial charge is 0.257 e. The molecule has 2 aromatic heterocycles. The summed E-state index contributed by atoms with van der Waals surface area (Å²) < 4.78 is 56.0. The molecule has 0 saturated heterocycles. The van der Waals surface area contributed by atoms with Crippen LogP contribution in [0.4, 0.5) is 23.5 Å². The van der Waals surface area contributed by atoms with E-state index in [1.807, 2.05) is 30.3 Å². The molecule has 0 radical (unpaired) electrons. The Balaban J connectivity index is 1.71. The maximum absolute atomic E-state index is 14.7. The average Bonchev–Trinajstić information content (AvgIpc) is 3.41. The van der Waals surface area contributed by atoms with Crippen LogP contribution in [0.25, 0.3) is 11.4 Å². The molecule has 0 amide bonds. The molecule has 1 unspecified atom stereocenters. The molecule has 5 aromatic rings. The van der Waals surface area contributed by atoms with Crippen molar-refractivity contribution >= 4 is 17.5 Å². The van der Waals surface area contributed by atoms with E-state index in [0.717, 1.165) is 17.7 Å². The SMILES string of the molecule is Fc1cc(C(F)(F)F)cc(C(Cc2ccccc2)(N=Nc2n[nH]c(-c3ccccc3)n2)c2ccc(Cl)cn2)c1. The quantitative estimate of drug-likeness (QED) is 0.165. The molecule has 0 saturated carbocycles. The van der Waals surface area contributed by atoms with Crippen molar-refractivity contribution < 1.29 is 17.6 Å². The van der Waals surface area contributed by atoms with E-state index in [-0.39, 0.29) is 23.6 Å². The zero-order valence-corrected chi connectivity index (χ0v) is 20.8. The highest BCUT2D eigenvalue weighted by molar-refractivity contribution is 6.30. The van der Waals surface area contributed by atoms with Crippen molar-refractivity contribution in [1.82, 2.24) is 20.2 Å². The van der Waals surface area contributed by atoms with Crippen LogP contribution in [0.3, 0.4) is 0 Å². The summed E-state index contributed by atoms with van der Waals surface area (Å²) in [4.78, 5) is 8.72. The van der Waals surface area contributed by atoms with Crippen molar-refractivity contribution in [2.24, 2.45) is 10.2 Å². The molecule has 1 N–H and O–H groups in total. The van der Waals surface area contributed by atoms with Gasteiger partial charge in [0, 0.05) is 18.2 Å². The third-order valence-electron chi connectivity index (χ3n) is 5.99. The van der Waals surface area contributed by atoms with Crippen LogP contribution in [-0.4, -0.2) is 20.2 Å². The minimum atomic E-state index is -4.80. The molecule has 3 aromatic carbocycles. The fourth-order valence-corrected chi connectivity index (χ4v) is 4.25. The second kappa shape index (κ2) is 10.7. The molecular formula is C28H19ClF4N6. The molecule has 5 rings (SSSR count). The van der Waals surface area contributed by atoms with E-state index in [1.54, 1.807) is 30.3 Å². The number of rotatable bonds is 7. The fraction of sp³-hybridized carbons (Fsp3) is 0.107. The Labute approximate surface area is 225 Å². The van der Waals surface area contributed by atoms with E-state index in [9.17, 15) is 17.6 Å². The van der Waals surface area contributed by atoms with Crippen LogP contribution >= 0.6 is 11.6 Å². The molecule has 2 heterocycles. The first-order valence-electron chi connectivity index (χ1n) is 11.7. The minimum absolute atomic E-state index is 0.00267. The molecule has 11 heteroatoms. The van der Waals surface area contributed by atoms with Gasteiger partial charge in [0.05, 0.1) is 16.3 Å². The van der Waals surface area contributed by atoms with Crippen LogP contribution in [0.2, 0.25) is 5.02 Å². The van der Waals surface area contributed by atoms with Crippen LogP contribution in [0.1, 0.15) is 22.4 Å². The Morgan fingerprint density at radius 3 is 2.21 bits per heavy atom. The summed E-state index contributed by atoms with van der Waals surface area (Å²) in [6.07, 6.45) is -3.45. The standard InChI is InChI=1S/C28H19ClF4N6/c29-22-11-12-24(34-17-22)27(16-18-7-3-1-4-8-18,20-13-21(28(31,32)33)15-23(30)14-20)39-38-26-35-25(36-37-26)19-9-5-2-6-10-19/h1-15,17H,16H2,(H,35,36,37). The molecule has 0 aliphatic rings. The largest absolute Gasteiger partial charge is 0.416 e. The number of hydrogen-bond acceptors (Lipinski definition) is 5.